The van der Waals surface area contributed by atoms with Gasteiger partial charge in [-0.25, -0.2) is 18.4 Å². The van der Waals surface area contributed by atoms with Crippen LogP contribution in [-0.4, -0.2) is 24.6 Å². The van der Waals surface area contributed by atoms with Crippen LogP contribution in [0.4, 0.5) is 0 Å². The summed E-state index contributed by atoms with van der Waals surface area (Å²) < 4.78 is 22.6. The maximum Gasteiger partial charge on any atom is 0.157 e. The largest absolute Gasteiger partial charge is 0.236 e. The van der Waals surface area contributed by atoms with Crippen molar-refractivity contribution in [3.05, 3.63) is 22.7 Å². The van der Waals surface area contributed by atoms with E-state index in [1.807, 2.05) is 6.92 Å². The van der Waals surface area contributed by atoms with E-state index < -0.39 is 15.1 Å². The van der Waals surface area contributed by atoms with Crippen molar-refractivity contribution in [1.82, 2.24) is 9.97 Å². The molecule has 0 aromatic carbocycles. The molecule has 0 aliphatic carbocycles. The van der Waals surface area contributed by atoms with Crippen LogP contribution in [0.2, 0.25) is 5.15 Å². The van der Waals surface area contributed by atoms with E-state index in [9.17, 15) is 8.42 Å². The molecule has 1 unspecified atom stereocenters. The molecule has 6 heteroatoms. The standard InChI is InChI=1S/C9H13ClN2O2S/c1-4-7-5-8(10)12-9(11-7)6(2)15(3,13)14/h5-6H,4H2,1-3H3. The van der Waals surface area contributed by atoms with Crippen LogP contribution < -0.4 is 0 Å². The van der Waals surface area contributed by atoms with Crippen LogP contribution in [0.25, 0.3) is 0 Å². The van der Waals surface area contributed by atoms with Gasteiger partial charge in [0.1, 0.15) is 16.2 Å². The monoisotopic (exact) mass is 248 g/mol. The number of hydrogen-bond acceptors (Lipinski definition) is 4. The predicted molar refractivity (Wildman–Crippen MR) is 59.7 cm³/mol. The van der Waals surface area contributed by atoms with Gasteiger partial charge in [-0.05, 0) is 19.4 Å². The summed E-state index contributed by atoms with van der Waals surface area (Å²) in [5, 5.41) is -0.436. The maximum absolute atomic E-state index is 11.3. The Balaban J connectivity index is 3.20. The van der Waals surface area contributed by atoms with Crippen LogP contribution in [0.5, 0.6) is 0 Å². The van der Waals surface area contributed by atoms with Gasteiger partial charge >= 0.3 is 0 Å². The van der Waals surface area contributed by atoms with Gasteiger partial charge in [0.05, 0.1) is 0 Å². The number of rotatable bonds is 3. The zero-order chi connectivity index (χ0) is 11.6. The van der Waals surface area contributed by atoms with Crippen molar-refractivity contribution < 1.29 is 8.42 Å². The van der Waals surface area contributed by atoms with Gasteiger partial charge in [-0.1, -0.05) is 18.5 Å². The van der Waals surface area contributed by atoms with Crippen molar-refractivity contribution in [3.8, 4) is 0 Å². The molecule has 1 aromatic heterocycles. The zero-order valence-corrected chi connectivity index (χ0v) is 10.4. The van der Waals surface area contributed by atoms with Gasteiger partial charge in [0.15, 0.2) is 9.84 Å². The zero-order valence-electron chi connectivity index (χ0n) is 8.86. The van der Waals surface area contributed by atoms with Crippen molar-refractivity contribution in [2.75, 3.05) is 6.26 Å². The Bertz CT molecular complexity index is 459. The summed E-state index contributed by atoms with van der Waals surface area (Å²) in [7, 11) is -3.18. The highest BCUT2D eigenvalue weighted by Crippen LogP contribution is 2.19. The Kier molecular flexibility index (Phi) is 3.67. The second-order valence-corrected chi connectivity index (χ2v) is 6.12. The average Bonchev–Trinajstić information content (AvgIpc) is 2.14. The molecule has 1 aromatic rings. The highest BCUT2D eigenvalue weighted by molar-refractivity contribution is 7.90. The summed E-state index contributed by atoms with van der Waals surface area (Å²) in [4.78, 5) is 8.07. The average molecular weight is 249 g/mol. The number of sulfone groups is 1. The molecule has 1 heterocycles. The van der Waals surface area contributed by atoms with Crippen molar-refractivity contribution in [1.29, 1.82) is 0 Å². The van der Waals surface area contributed by atoms with Gasteiger partial charge in [-0.3, -0.25) is 0 Å². The summed E-state index contributed by atoms with van der Waals surface area (Å²) in [5.41, 5.74) is 0.750. The fraction of sp³-hybridized carbons (Fsp3) is 0.556. The molecule has 1 atom stereocenters. The Morgan fingerprint density at radius 3 is 2.53 bits per heavy atom. The van der Waals surface area contributed by atoms with E-state index in [0.717, 1.165) is 11.9 Å². The fourth-order valence-corrected chi connectivity index (χ4v) is 1.74. The normalized spacial score (nSPS) is 13.9. The van der Waals surface area contributed by atoms with E-state index in [0.29, 0.717) is 6.42 Å². The molecule has 0 radical (unpaired) electrons. The number of halogens is 1. The van der Waals surface area contributed by atoms with Crippen molar-refractivity contribution >= 4 is 21.4 Å². The van der Waals surface area contributed by atoms with Crippen LogP contribution in [0.1, 0.15) is 30.6 Å². The van der Waals surface area contributed by atoms with Gasteiger partial charge in [0, 0.05) is 11.9 Å². The lowest BCUT2D eigenvalue weighted by atomic mass is 10.3. The van der Waals surface area contributed by atoms with Gasteiger partial charge in [0.25, 0.3) is 0 Å². The molecule has 0 amide bonds. The molecule has 0 aliphatic rings. The van der Waals surface area contributed by atoms with Gasteiger partial charge in [-0.15, -0.1) is 0 Å². The lowest BCUT2D eigenvalue weighted by molar-refractivity contribution is 0.588. The highest BCUT2D eigenvalue weighted by atomic mass is 35.5. The first-order chi connectivity index (χ1) is 6.84. The molecule has 0 bridgehead atoms. The van der Waals surface area contributed by atoms with E-state index in [1.165, 1.54) is 0 Å². The third kappa shape index (κ3) is 3.14. The summed E-state index contributed by atoms with van der Waals surface area (Å²) in [5.74, 6) is 0.266. The molecule has 0 aliphatic heterocycles. The first-order valence-electron chi connectivity index (χ1n) is 4.56. The second-order valence-electron chi connectivity index (χ2n) is 3.37. The number of hydrogen-bond donors (Lipinski definition) is 0. The molecular formula is C9H13ClN2O2S. The lowest BCUT2D eigenvalue weighted by Crippen LogP contribution is -2.12. The first kappa shape index (κ1) is 12.4. The van der Waals surface area contributed by atoms with Crippen LogP contribution in [0, 0.1) is 0 Å². The van der Waals surface area contributed by atoms with Crippen molar-refractivity contribution in [2.24, 2.45) is 0 Å². The molecule has 0 N–H and O–H groups in total. The number of aryl methyl sites for hydroxylation is 1. The Labute approximate surface area is 94.6 Å². The Hall–Kier alpha value is -0.680. The third-order valence-corrected chi connectivity index (χ3v) is 3.82. The molecule has 0 saturated carbocycles. The minimum atomic E-state index is -3.18. The van der Waals surface area contributed by atoms with Crippen LogP contribution in [0.3, 0.4) is 0 Å². The molecule has 4 nitrogen and oxygen atoms in total. The van der Waals surface area contributed by atoms with Crippen molar-refractivity contribution in [2.45, 2.75) is 25.5 Å². The van der Waals surface area contributed by atoms with E-state index in [4.69, 9.17) is 11.6 Å². The third-order valence-electron chi connectivity index (χ3n) is 2.13. The molecule has 0 saturated heterocycles. The summed E-state index contributed by atoms with van der Waals surface area (Å²) in [6, 6.07) is 1.64. The van der Waals surface area contributed by atoms with Crippen LogP contribution >= 0.6 is 11.6 Å². The SMILES string of the molecule is CCc1cc(Cl)nc(C(C)S(C)(=O)=O)n1. The van der Waals surface area contributed by atoms with Crippen LogP contribution in [0.15, 0.2) is 6.07 Å². The van der Waals surface area contributed by atoms with Gasteiger partial charge in [-0.2, -0.15) is 0 Å². The predicted octanol–water partition coefficient (Wildman–Crippen LogP) is 1.80. The summed E-state index contributed by atoms with van der Waals surface area (Å²) in [6.07, 6.45) is 1.86. The lowest BCUT2D eigenvalue weighted by Gasteiger charge is -2.09. The topological polar surface area (TPSA) is 59.9 Å². The Morgan fingerprint density at radius 2 is 2.07 bits per heavy atom. The van der Waals surface area contributed by atoms with E-state index >= 15 is 0 Å². The molecule has 0 spiro atoms. The molecule has 84 valence electrons. The summed E-state index contributed by atoms with van der Waals surface area (Å²) >= 11 is 5.78. The fourth-order valence-electron chi connectivity index (χ4n) is 1.04. The molecule has 15 heavy (non-hydrogen) atoms. The van der Waals surface area contributed by atoms with Gasteiger partial charge < -0.3 is 0 Å². The minimum Gasteiger partial charge on any atom is -0.236 e. The van der Waals surface area contributed by atoms with Crippen LogP contribution in [-0.2, 0) is 16.3 Å². The smallest absolute Gasteiger partial charge is 0.157 e. The molecular weight excluding hydrogens is 236 g/mol. The Morgan fingerprint density at radius 1 is 1.47 bits per heavy atom. The summed E-state index contributed by atoms with van der Waals surface area (Å²) in [6.45, 7) is 3.48. The second kappa shape index (κ2) is 4.45. The quantitative estimate of drug-likeness (QED) is 0.766. The van der Waals surface area contributed by atoms with E-state index in [-0.39, 0.29) is 11.0 Å². The molecule has 0 fully saturated rings. The number of aromatic nitrogens is 2. The van der Waals surface area contributed by atoms with E-state index in [1.54, 1.807) is 13.0 Å². The number of nitrogens with zero attached hydrogens (tertiary/aromatic N) is 2. The van der Waals surface area contributed by atoms with E-state index in [2.05, 4.69) is 9.97 Å². The van der Waals surface area contributed by atoms with Gasteiger partial charge in [0.2, 0.25) is 0 Å². The first-order valence-corrected chi connectivity index (χ1v) is 6.90. The highest BCUT2D eigenvalue weighted by Gasteiger charge is 2.20. The molecule has 1 rings (SSSR count). The minimum absolute atomic E-state index is 0.266. The maximum atomic E-state index is 11.3. The van der Waals surface area contributed by atoms with Crippen molar-refractivity contribution in [3.63, 3.8) is 0 Å².